The normalized spacial score (nSPS) is 15.1. The van der Waals surface area contributed by atoms with Crippen LogP contribution in [0.15, 0.2) is 30.3 Å². The standard InChI is InChI=1S/C13H19N3O/c1-2-16(12-9-14-10-12)13(17)15-8-11-6-4-3-5-7-11/h3-7,12,14H,2,8-10H2,1H3,(H,15,17). The minimum atomic E-state index is 0.0304. The largest absolute Gasteiger partial charge is 0.334 e. The number of nitrogens with zero attached hydrogens (tertiary/aromatic N) is 1. The van der Waals surface area contributed by atoms with Crippen LogP contribution in [0.25, 0.3) is 0 Å². The third kappa shape index (κ3) is 2.97. The molecular formula is C13H19N3O. The molecule has 17 heavy (non-hydrogen) atoms. The number of likely N-dealkylation sites (N-methyl/N-ethyl adjacent to an activating group) is 1. The van der Waals surface area contributed by atoms with Gasteiger partial charge in [0, 0.05) is 26.2 Å². The van der Waals surface area contributed by atoms with Gasteiger partial charge in [0.05, 0.1) is 6.04 Å². The topological polar surface area (TPSA) is 44.4 Å². The fourth-order valence-electron chi connectivity index (χ4n) is 1.94. The molecule has 1 fully saturated rings. The van der Waals surface area contributed by atoms with Crippen molar-refractivity contribution in [2.75, 3.05) is 19.6 Å². The van der Waals surface area contributed by atoms with E-state index in [4.69, 9.17) is 0 Å². The van der Waals surface area contributed by atoms with Gasteiger partial charge in [0.15, 0.2) is 0 Å². The molecule has 0 unspecified atom stereocenters. The van der Waals surface area contributed by atoms with Crippen molar-refractivity contribution in [1.82, 2.24) is 15.5 Å². The summed E-state index contributed by atoms with van der Waals surface area (Å²) in [4.78, 5) is 13.9. The van der Waals surface area contributed by atoms with Crippen molar-refractivity contribution in [2.45, 2.75) is 19.5 Å². The van der Waals surface area contributed by atoms with Gasteiger partial charge < -0.3 is 15.5 Å². The highest BCUT2D eigenvalue weighted by atomic mass is 16.2. The molecule has 1 aromatic carbocycles. The number of carbonyl (C=O) groups is 1. The third-order valence-electron chi connectivity index (χ3n) is 3.09. The molecule has 0 atom stereocenters. The lowest BCUT2D eigenvalue weighted by Crippen LogP contribution is -2.60. The van der Waals surface area contributed by atoms with Crippen molar-refractivity contribution >= 4 is 6.03 Å². The summed E-state index contributed by atoms with van der Waals surface area (Å²) in [5.41, 5.74) is 1.13. The van der Waals surface area contributed by atoms with Crippen molar-refractivity contribution in [1.29, 1.82) is 0 Å². The summed E-state index contributed by atoms with van der Waals surface area (Å²) in [6.45, 7) is 5.18. The average Bonchev–Trinajstić information content (AvgIpc) is 2.31. The molecule has 2 rings (SSSR count). The highest BCUT2D eigenvalue weighted by molar-refractivity contribution is 5.74. The fraction of sp³-hybridized carbons (Fsp3) is 0.462. The number of rotatable bonds is 4. The van der Waals surface area contributed by atoms with Gasteiger partial charge in [0.25, 0.3) is 0 Å². The first-order valence-corrected chi connectivity index (χ1v) is 6.10. The SMILES string of the molecule is CCN(C(=O)NCc1ccccc1)C1CNC1. The maximum atomic E-state index is 12.0. The molecule has 1 aliphatic rings. The Balaban J connectivity index is 1.83. The minimum absolute atomic E-state index is 0.0304. The zero-order chi connectivity index (χ0) is 12.1. The Morgan fingerprint density at radius 3 is 2.65 bits per heavy atom. The van der Waals surface area contributed by atoms with E-state index in [0.29, 0.717) is 12.6 Å². The van der Waals surface area contributed by atoms with Crippen LogP contribution in [0.4, 0.5) is 4.79 Å². The van der Waals surface area contributed by atoms with Crippen LogP contribution >= 0.6 is 0 Å². The molecule has 92 valence electrons. The van der Waals surface area contributed by atoms with E-state index in [1.165, 1.54) is 0 Å². The van der Waals surface area contributed by atoms with Crippen molar-refractivity contribution in [3.8, 4) is 0 Å². The summed E-state index contributed by atoms with van der Waals surface area (Å²) in [6.07, 6.45) is 0. The molecule has 0 bridgehead atoms. The maximum Gasteiger partial charge on any atom is 0.317 e. The monoisotopic (exact) mass is 233 g/mol. The molecule has 4 heteroatoms. The van der Waals surface area contributed by atoms with Crippen LogP contribution in [0.3, 0.4) is 0 Å². The van der Waals surface area contributed by atoms with Crippen molar-refractivity contribution in [2.24, 2.45) is 0 Å². The molecule has 4 nitrogen and oxygen atoms in total. The summed E-state index contributed by atoms with van der Waals surface area (Å²) < 4.78 is 0. The maximum absolute atomic E-state index is 12.0. The van der Waals surface area contributed by atoms with Crippen molar-refractivity contribution < 1.29 is 4.79 Å². The second kappa shape index (κ2) is 5.68. The Morgan fingerprint density at radius 2 is 2.12 bits per heavy atom. The fourth-order valence-corrected chi connectivity index (χ4v) is 1.94. The smallest absolute Gasteiger partial charge is 0.317 e. The second-order valence-electron chi connectivity index (χ2n) is 4.24. The highest BCUT2D eigenvalue weighted by Crippen LogP contribution is 2.05. The van der Waals surface area contributed by atoms with Crippen LogP contribution in [0.1, 0.15) is 12.5 Å². The van der Waals surface area contributed by atoms with E-state index in [9.17, 15) is 4.79 Å². The number of nitrogens with one attached hydrogen (secondary N) is 2. The Kier molecular flexibility index (Phi) is 3.98. The van der Waals surface area contributed by atoms with Gasteiger partial charge >= 0.3 is 6.03 Å². The predicted octanol–water partition coefficient (Wildman–Crippen LogP) is 1.19. The first kappa shape index (κ1) is 11.9. The van der Waals surface area contributed by atoms with Gasteiger partial charge in [-0.05, 0) is 12.5 Å². The third-order valence-corrected chi connectivity index (χ3v) is 3.09. The number of hydrogen-bond acceptors (Lipinski definition) is 2. The number of carbonyl (C=O) groups excluding carboxylic acids is 1. The van der Waals surface area contributed by atoms with Crippen LogP contribution < -0.4 is 10.6 Å². The van der Waals surface area contributed by atoms with E-state index >= 15 is 0 Å². The molecule has 1 heterocycles. The second-order valence-corrected chi connectivity index (χ2v) is 4.24. The molecule has 1 aromatic rings. The average molecular weight is 233 g/mol. The Morgan fingerprint density at radius 1 is 1.41 bits per heavy atom. The van der Waals surface area contributed by atoms with E-state index in [-0.39, 0.29) is 6.03 Å². The van der Waals surface area contributed by atoms with Gasteiger partial charge in [-0.25, -0.2) is 4.79 Å². The van der Waals surface area contributed by atoms with Crippen LogP contribution in [0.5, 0.6) is 0 Å². The van der Waals surface area contributed by atoms with E-state index < -0.39 is 0 Å². The summed E-state index contributed by atoms with van der Waals surface area (Å²) in [5, 5.41) is 6.14. The van der Waals surface area contributed by atoms with Crippen LogP contribution in [-0.4, -0.2) is 36.6 Å². The van der Waals surface area contributed by atoms with Gasteiger partial charge in [-0.2, -0.15) is 0 Å². The number of hydrogen-bond donors (Lipinski definition) is 2. The van der Waals surface area contributed by atoms with Crippen LogP contribution in [0, 0.1) is 0 Å². The van der Waals surface area contributed by atoms with Crippen molar-refractivity contribution in [3.05, 3.63) is 35.9 Å². The lowest BCUT2D eigenvalue weighted by Gasteiger charge is -2.37. The van der Waals surface area contributed by atoms with E-state index in [1.807, 2.05) is 42.2 Å². The predicted molar refractivity (Wildman–Crippen MR) is 67.7 cm³/mol. The molecule has 2 N–H and O–H groups in total. The van der Waals surface area contributed by atoms with Gasteiger partial charge in [-0.1, -0.05) is 30.3 Å². The Hall–Kier alpha value is -1.55. The molecule has 1 saturated heterocycles. The van der Waals surface area contributed by atoms with E-state index in [1.54, 1.807) is 0 Å². The molecular weight excluding hydrogens is 214 g/mol. The summed E-state index contributed by atoms with van der Waals surface area (Å²) in [5.74, 6) is 0. The quantitative estimate of drug-likeness (QED) is 0.820. The van der Waals surface area contributed by atoms with Gasteiger partial charge in [0.2, 0.25) is 0 Å². The molecule has 1 aliphatic heterocycles. The Labute approximate surface area is 102 Å². The number of benzene rings is 1. The summed E-state index contributed by atoms with van der Waals surface area (Å²) in [7, 11) is 0. The molecule has 0 aromatic heterocycles. The van der Waals surface area contributed by atoms with E-state index in [0.717, 1.165) is 25.2 Å². The zero-order valence-corrected chi connectivity index (χ0v) is 10.1. The highest BCUT2D eigenvalue weighted by Gasteiger charge is 2.26. The molecule has 0 spiro atoms. The van der Waals surface area contributed by atoms with Gasteiger partial charge in [-0.15, -0.1) is 0 Å². The summed E-state index contributed by atoms with van der Waals surface area (Å²) in [6, 6.07) is 10.4. The molecule has 0 radical (unpaired) electrons. The molecule has 2 amide bonds. The number of urea groups is 1. The van der Waals surface area contributed by atoms with Crippen LogP contribution in [-0.2, 0) is 6.54 Å². The summed E-state index contributed by atoms with van der Waals surface area (Å²) >= 11 is 0. The first-order valence-electron chi connectivity index (χ1n) is 6.10. The molecule has 0 saturated carbocycles. The first-order chi connectivity index (χ1) is 8.31. The van der Waals surface area contributed by atoms with Crippen molar-refractivity contribution in [3.63, 3.8) is 0 Å². The lowest BCUT2D eigenvalue weighted by atomic mass is 10.1. The lowest BCUT2D eigenvalue weighted by molar-refractivity contribution is 0.153. The van der Waals surface area contributed by atoms with E-state index in [2.05, 4.69) is 10.6 Å². The number of amides is 2. The Bertz CT molecular complexity index is 362. The zero-order valence-electron chi connectivity index (χ0n) is 10.1. The van der Waals surface area contributed by atoms with Gasteiger partial charge in [0.1, 0.15) is 0 Å². The minimum Gasteiger partial charge on any atom is -0.334 e. The van der Waals surface area contributed by atoms with Gasteiger partial charge in [-0.3, -0.25) is 0 Å². The molecule has 0 aliphatic carbocycles. The van der Waals surface area contributed by atoms with Crippen LogP contribution in [0.2, 0.25) is 0 Å².